The van der Waals surface area contributed by atoms with Gasteiger partial charge >= 0.3 is 0 Å². The molecule has 6 N–H and O–H groups in total. The van der Waals surface area contributed by atoms with Crippen LogP contribution in [0.4, 0.5) is 5.69 Å². The molecule has 2 heterocycles. The Morgan fingerprint density at radius 2 is 1.78 bits per heavy atom. The van der Waals surface area contributed by atoms with Crippen molar-refractivity contribution in [3.63, 3.8) is 0 Å². The van der Waals surface area contributed by atoms with E-state index >= 15 is 0 Å². The van der Waals surface area contributed by atoms with Crippen molar-refractivity contribution in [2.45, 2.75) is 63.2 Å². The van der Waals surface area contributed by atoms with Crippen LogP contribution in [0.25, 0.3) is 10.9 Å². The highest BCUT2D eigenvalue weighted by Crippen LogP contribution is 2.43. The van der Waals surface area contributed by atoms with Crippen molar-refractivity contribution in [1.82, 2.24) is 20.2 Å². The fraction of sp³-hybridized carbons (Fsp3) is 0.375. The van der Waals surface area contributed by atoms with Gasteiger partial charge < -0.3 is 40.3 Å². The molecule has 1 aliphatic carbocycles. The summed E-state index contributed by atoms with van der Waals surface area (Å²) in [6.07, 6.45) is 7.05. The first-order valence-corrected chi connectivity index (χ1v) is 17.7. The van der Waals surface area contributed by atoms with Crippen LogP contribution in [-0.2, 0) is 23.4 Å². The molecular formula is C40H47N5O6. The molecule has 3 aromatic carbocycles. The molecule has 0 aliphatic heterocycles. The first kappa shape index (κ1) is 36.0. The van der Waals surface area contributed by atoms with Gasteiger partial charge in [0.25, 0.3) is 0 Å². The van der Waals surface area contributed by atoms with Crippen LogP contribution in [0, 0.1) is 5.92 Å². The molecule has 1 fully saturated rings. The lowest BCUT2D eigenvalue weighted by atomic mass is 9.73. The van der Waals surface area contributed by atoms with E-state index in [-0.39, 0.29) is 29.7 Å². The molecule has 1 saturated carbocycles. The van der Waals surface area contributed by atoms with Crippen molar-refractivity contribution in [3.05, 3.63) is 124 Å². The van der Waals surface area contributed by atoms with Gasteiger partial charge in [-0.05, 0) is 60.8 Å². The van der Waals surface area contributed by atoms with Gasteiger partial charge in [0.15, 0.2) is 5.60 Å². The Hall–Kier alpha value is -4.81. The largest absolute Gasteiger partial charge is 0.506 e. The molecule has 1 aliphatic rings. The van der Waals surface area contributed by atoms with E-state index in [0.29, 0.717) is 66.3 Å². The maximum absolute atomic E-state index is 12.7. The van der Waals surface area contributed by atoms with Gasteiger partial charge in [0.1, 0.15) is 11.5 Å². The molecule has 1 unspecified atom stereocenters. The van der Waals surface area contributed by atoms with E-state index < -0.39 is 11.7 Å². The molecule has 11 nitrogen and oxygen atoms in total. The minimum Gasteiger partial charge on any atom is -0.506 e. The van der Waals surface area contributed by atoms with Crippen molar-refractivity contribution in [2.24, 2.45) is 5.92 Å². The fourth-order valence-electron chi connectivity index (χ4n) is 6.99. The summed E-state index contributed by atoms with van der Waals surface area (Å²) in [5, 5.41) is 39.7. The number of aromatic amines is 1. The third kappa shape index (κ3) is 8.74. The van der Waals surface area contributed by atoms with Gasteiger partial charge in [0.2, 0.25) is 17.4 Å². The van der Waals surface area contributed by atoms with E-state index in [4.69, 9.17) is 4.42 Å². The van der Waals surface area contributed by atoms with E-state index in [1.807, 2.05) is 61.6 Å². The lowest BCUT2D eigenvalue weighted by Gasteiger charge is -2.36. The second-order valence-electron chi connectivity index (χ2n) is 13.6. The SMILES string of the molecule is CN(CCC(=O)Nc1ccc(CNC[C@@H](O)c2ccc(O)c3[nH]c(=O)ccc23)cc1)CCc1cnc(C(O)(c2ccccc2)C2CCCCC2)o1. The van der Waals surface area contributed by atoms with E-state index in [2.05, 4.69) is 25.5 Å². The average molecular weight is 694 g/mol. The standard InChI is InChI=1S/C40H47N5O6/c1-45(22-20-31-25-42-39(51-31)40(50,28-8-4-2-5-9-28)29-10-6-3-7-11-29)23-21-37(49)43-30-14-12-27(13-15-30)24-41-26-35(47)32-16-18-34(46)38-33(32)17-19-36(48)44-38/h2,4-5,8-9,12-19,25,29,35,41,46-47,50H,3,6-7,10-11,20-24,26H2,1H3,(H,43,49)(H,44,48)/t35-,40?/m1/s1. The molecule has 268 valence electrons. The van der Waals surface area contributed by atoms with Crippen molar-refractivity contribution >= 4 is 22.5 Å². The number of aromatic hydroxyl groups is 1. The number of nitrogens with zero attached hydrogens (tertiary/aromatic N) is 2. The highest BCUT2D eigenvalue weighted by atomic mass is 16.4. The molecule has 11 heteroatoms. The number of hydrogen-bond acceptors (Lipinski definition) is 9. The first-order chi connectivity index (χ1) is 24.7. The van der Waals surface area contributed by atoms with E-state index in [9.17, 15) is 24.9 Å². The number of aliphatic hydroxyl groups is 2. The number of likely N-dealkylation sites (N-methyl/N-ethyl adjacent to an activating group) is 1. The lowest BCUT2D eigenvalue weighted by Crippen LogP contribution is -2.38. The van der Waals surface area contributed by atoms with Crippen molar-refractivity contribution < 1.29 is 24.5 Å². The van der Waals surface area contributed by atoms with Crippen LogP contribution in [0.1, 0.15) is 73.0 Å². The van der Waals surface area contributed by atoms with Crippen LogP contribution in [0.2, 0.25) is 0 Å². The highest BCUT2D eigenvalue weighted by Gasteiger charge is 2.44. The number of hydrogen-bond donors (Lipinski definition) is 6. The van der Waals surface area contributed by atoms with Crippen LogP contribution in [0.15, 0.2) is 94.3 Å². The van der Waals surface area contributed by atoms with Crippen LogP contribution in [0.3, 0.4) is 0 Å². The number of anilines is 1. The number of nitrogens with one attached hydrogen (secondary N) is 3. The maximum Gasteiger partial charge on any atom is 0.248 e. The monoisotopic (exact) mass is 693 g/mol. The zero-order chi connectivity index (χ0) is 35.8. The number of rotatable bonds is 15. The van der Waals surface area contributed by atoms with Crippen molar-refractivity contribution in [2.75, 3.05) is 32.0 Å². The van der Waals surface area contributed by atoms with Gasteiger partial charge in [-0.25, -0.2) is 4.98 Å². The molecular weight excluding hydrogens is 646 g/mol. The van der Waals surface area contributed by atoms with Gasteiger partial charge in [0, 0.05) is 62.1 Å². The third-order valence-electron chi connectivity index (χ3n) is 9.92. The number of aliphatic hydroxyl groups excluding tert-OH is 1. The van der Waals surface area contributed by atoms with Crippen molar-refractivity contribution in [1.29, 1.82) is 0 Å². The Kier molecular flexibility index (Phi) is 11.6. The second kappa shape index (κ2) is 16.5. The predicted octanol–water partition coefficient (Wildman–Crippen LogP) is 5.36. The third-order valence-corrected chi connectivity index (χ3v) is 9.92. The number of phenols is 1. The Morgan fingerprint density at radius 1 is 1.02 bits per heavy atom. The number of amides is 1. The molecule has 5 aromatic rings. The van der Waals surface area contributed by atoms with E-state index in [1.54, 1.807) is 18.3 Å². The summed E-state index contributed by atoms with van der Waals surface area (Å²) in [5.74, 6) is 0.996. The predicted molar refractivity (Wildman–Crippen MR) is 196 cm³/mol. The number of carbonyl (C=O) groups excluding carboxylic acids is 1. The van der Waals surface area contributed by atoms with Crippen LogP contribution in [-0.4, -0.2) is 62.8 Å². The minimum atomic E-state index is -1.25. The Labute approximate surface area is 297 Å². The number of oxazole rings is 1. The summed E-state index contributed by atoms with van der Waals surface area (Å²) >= 11 is 0. The van der Waals surface area contributed by atoms with Gasteiger partial charge in [0.05, 0.1) is 17.8 Å². The van der Waals surface area contributed by atoms with E-state index in [1.165, 1.54) is 18.6 Å². The summed E-state index contributed by atoms with van der Waals surface area (Å²) in [6, 6.07) is 23.3. The lowest BCUT2D eigenvalue weighted by molar-refractivity contribution is -0.116. The fourth-order valence-corrected chi connectivity index (χ4v) is 6.99. The summed E-state index contributed by atoms with van der Waals surface area (Å²) in [6.45, 7) is 2.01. The molecule has 0 spiro atoms. The Bertz CT molecular complexity index is 1950. The summed E-state index contributed by atoms with van der Waals surface area (Å²) in [7, 11) is 1.97. The summed E-state index contributed by atoms with van der Waals surface area (Å²) in [4.78, 5) is 33.7. The summed E-state index contributed by atoms with van der Waals surface area (Å²) < 4.78 is 6.20. The number of benzene rings is 3. The number of H-pyrrole nitrogens is 1. The van der Waals surface area contributed by atoms with Crippen LogP contribution >= 0.6 is 0 Å². The Morgan fingerprint density at radius 3 is 2.55 bits per heavy atom. The second-order valence-corrected chi connectivity index (χ2v) is 13.6. The van der Waals surface area contributed by atoms with Gasteiger partial charge in [-0.2, -0.15) is 0 Å². The molecule has 1 amide bonds. The molecule has 2 atom stereocenters. The molecule has 6 rings (SSSR count). The van der Waals surface area contributed by atoms with Gasteiger partial charge in [-0.3, -0.25) is 9.59 Å². The van der Waals surface area contributed by atoms with Crippen molar-refractivity contribution in [3.8, 4) is 5.75 Å². The highest BCUT2D eigenvalue weighted by molar-refractivity contribution is 5.90. The average Bonchev–Trinajstić information content (AvgIpc) is 3.64. The van der Waals surface area contributed by atoms with Crippen LogP contribution in [0.5, 0.6) is 5.75 Å². The van der Waals surface area contributed by atoms with E-state index in [0.717, 1.165) is 36.8 Å². The van der Waals surface area contributed by atoms with Gasteiger partial charge in [-0.1, -0.05) is 67.8 Å². The quantitative estimate of drug-likeness (QED) is 0.0847. The molecule has 0 bridgehead atoms. The topological polar surface area (TPSA) is 164 Å². The molecule has 51 heavy (non-hydrogen) atoms. The number of fused-ring (bicyclic) bond motifs is 1. The number of pyridine rings is 1. The Balaban J connectivity index is 0.935. The smallest absolute Gasteiger partial charge is 0.248 e. The summed E-state index contributed by atoms with van der Waals surface area (Å²) in [5.41, 5.74) is 1.82. The molecule has 0 radical (unpaired) electrons. The van der Waals surface area contributed by atoms with Crippen LogP contribution < -0.4 is 16.2 Å². The van der Waals surface area contributed by atoms with Gasteiger partial charge in [-0.15, -0.1) is 0 Å². The number of aromatic nitrogens is 2. The maximum atomic E-state index is 12.7. The number of phenolic OH excluding ortho intramolecular Hbond substituents is 1. The molecule has 0 saturated heterocycles. The first-order valence-electron chi connectivity index (χ1n) is 17.7. The minimum absolute atomic E-state index is 0.0496. The molecule has 2 aromatic heterocycles. The normalized spacial score (nSPS) is 15.5. The zero-order valence-corrected chi connectivity index (χ0v) is 29.0. The number of carbonyl (C=O) groups is 1. The zero-order valence-electron chi connectivity index (χ0n) is 29.0.